The number of rotatable bonds is 5. The summed E-state index contributed by atoms with van der Waals surface area (Å²) in [6, 6.07) is 9.49. The highest BCUT2D eigenvalue weighted by Crippen LogP contribution is 2.17. The van der Waals surface area contributed by atoms with Crippen molar-refractivity contribution >= 4 is 0 Å². The average Bonchev–Trinajstić information content (AvgIpc) is 2.16. The number of aryl methyl sites for hydroxylation is 1. The fourth-order valence-corrected chi connectivity index (χ4v) is 2.19. The molecule has 16 heavy (non-hydrogen) atoms. The van der Waals surface area contributed by atoms with Crippen LogP contribution in [0.1, 0.15) is 31.0 Å². The Balaban J connectivity index is 2.58. The first kappa shape index (κ1) is 13.2. The Kier molecular flexibility index (Phi) is 4.97. The van der Waals surface area contributed by atoms with Crippen molar-refractivity contribution in [3.63, 3.8) is 0 Å². The summed E-state index contributed by atoms with van der Waals surface area (Å²) in [6.45, 7) is 7.70. The Hall–Kier alpha value is -0.860. The summed E-state index contributed by atoms with van der Waals surface area (Å²) in [5.74, 6) is 0. The molecule has 0 aliphatic rings. The molecule has 1 aromatic rings. The molecule has 2 unspecified atom stereocenters. The van der Waals surface area contributed by atoms with Gasteiger partial charge in [-0.2, -0.15) is 0 Å². The summed E-state index contributed by atoms with van der Waals surface area (Å²) in [7, 11) is 4.22. The van der Waals surface area contributed by atoms with Crippen LogP contribution in [0.25, 0.3) is 0 Å². The van der Waals surface area contributed by atoms with E-state index in [2.05, 4.69) is 69.3 Å². The zero-order valence-electron chi connectivity index (χ0n) is 11.1. The summed E-state index contributed by atoms with van der Waals surface area (Å²) in [5, 5.41) is 3.63. The second-order valence-electron chi connectivity index (χ2n) is 4.91. The minimum Gasteiger partial charge on any atom is -0.308 e. The van der Waals surface area contributed by atoms with E-state index in [1.807, 2.05) is 0 Å². The third-order valence-electron chi connectivity index (χ3n) is 2.83. The van der Waals surface area contributed by atoms with Gasteiger partial charge in [0.25, 0.3) is 0 Å². The highest BCUT2D eigenvalue weighted by atomic mass is 15.1. The lowest BCUT2D eigenvalue weighted by atomic mass is 10.0. The van der Waals surface area contributed by atoms with Gasteiger partial charge in [-0.05, 0) is 46.0 Å². The smallest absolute Gasteiger partial charge is 0.0297 e. The fourth-order valence-electron chi connectivity index (χ4n) is 2.19. The Morgan fingerprint density at radius 2 is 1.81 bits per heavy atom. The third-order valence-corrected chi connectivity index (χ3v) is 2.83. The molecule has 0 aliphatic heterocycles. The van der Waals surface area contributed by atoms with Crippen molar-refractivity contribution < 1.29 is 0 Å². The molecular formula is C14H24N2. The van der Waals surface area contributed by atoms with Crippen molar-refractivity contribution in [3.8, 4) is 0 Å². The molecule has 0 aromatic heterocycles. The second kappa shape index (κ2) is 6.02. The normalized spacial score (nSPS) is 15.1. The number of hydrogen-bond acceptors (Lipinski definition) is 2. The SMILES string of the molecule is Cc1ccccc1C(C)NC(C)CN(C)C. The van der Waals surface area contributed by atoms with E-state index < -0.39 is 0 Å². The van der Waals surface area contributed by atoms with Gasteiger partial charge in [0.2, 0.25) is 0 Å². The van der Waals surface area contributed by atoms with E-state index in [-0.39, 0.29) is 0 Å². The van der Waals surface area contributed by atoms with Gasteiger partial charge in [-0.1, -0.05) is 24.3 Å². The predicted octanol–water partition coefficient (Wildman–Crippen LogP) is 2.60. The molecule has 0 fully saturated rings. The van der Waals surface area contributed by atoms with Crippen LogP contribution in [0.5, 0.6) is 0 Å². The van der Waals surface area contributed by atoms with Gasteiger partial charge in [0.1, 0.15) is 0 Å². The number of likely N-dealkylation sites (N-methyl/N-ethyl adjacent to an activating group) is 1. The molecule has 0 saturated heterocycles. The van der Waals surface area contributed by atoms with E-state index in [9.17, 15) is 0 Å². The first-order chi connectivity index (χ1) is 7.50. The molecular weight excluding hydrogens is 196 g/mol. The molecule has 2 heteroatoms. The van der Waals surface area contributed by atoms with Crippen LogP contribution in [-0.4, -0.2) is 31.6 Å². The molecule has 0 saturated carbocycles. The van der Waals surface area contributed by atoms with Crippen LogP contribution in [-0.2, 0) is 0 Å². The lowest BCUT2D eigenvalue weighted by molar-refractivity contribution is 0.334. The van der Waals surface area contributed by atoms with Gasteiger partial charge < -0.3 is 10.2 Å². The quantitative estimate of drug-likeness (QED) is 0.820. The number of hydrogen-bond donors (Lipinski definition) is 1. The van der Waals surface area contributed by atoms with Crippen molar-refractivity contribution in [3.05, 3.63) is 35.4 Å². The molecule has 0 radical (unpaired) electrons. The van der Waals surface area contributed by atoms with Crippen molar-refractivity contribution in [1.29, 1.82) is 0 Å². The fraction of sp³-hybridized carbons (Fsp3) is 0.571. The molecule has 90 valence electrons. The molecule has 1 rings (SSSR count). The van der Waals surface area contributed by atoms with Gasteiger partial charge in [-0.15, -0.1) is 0 Å². The molecule has 0 bridgehead atoms. The lowest BCUT2D eigenvalue weighted by Gasteiger charge is -2.24. The Morgan fingerprint density at radius 3 is 2.38 bits per heavy atom. The highest BCUT2D eigenvalue weighted by Gasteiger charge is 2.11. The zero-order chi connectivity index (χ0) is 12.1. The standard InChI is InChI=1S/C14H24N2/c1-11-8-6-7-9-14(11)13(3)15-12(2)10-16(4)5/h6-9,12-13,15H,10H2,1-5H3. The highest BCUT2D eigenvalue weighted by molar-refractivity contribution is 5.28. The Morgan fingerprint density at radius 1 is 1.19 bits per heavy atom. The summed E-state index contributed by atoms with van der Waals surface area (Å²) >= 11 is 0. The largest absolute Gasteiger partial charge is 0.308 e. The maximum Gasteiger partial charge on any atom is 0.0297 e. The van der Waals surface area contributed by atoms with Crippen LogP contribution in [0.2, 0.25) is 0 Å². The maximum absolute atomic E-state index is 3.63. The predicted molar refractivity (Wildman–Crippen MR) is 70.7 cm³/mol. The van der Waals surface area contributed by atoms with Crippen molar-refractivity contribution in [1.82, 2.24) is 10.2 Å². The molecule has 0 aliphatic carbocycles. The van der Waals surface area contributed by atoms with E-state index in [1.54, 1.807) is 0 Å². The molecule has 0 spiro atoms. The Bertz CT molecular complexity index is 320. The van der Waals surface area contributed by atoms with Crippen molar-refractivity contribution in [2.75, 3.05) is 20.6 Å². The van der Waals surface area contributed by atoms with Crippen LogP contribution >= 0.6 is 0 Å². The minimum atomic E-state index is 0.413. The number of nitrogens with zero attached hydrogens (tertiary/aromatic N) is 1. The maximum atomic E-state index is 3.63. The van der Waals surface area contributed by atoms with Crippen molar-refractivity contribution in [2.45, 2.75) is 32.9 Å². The number of nitrogens with one attached hydrogen (secondary N) is 1. The summed E-state index contributed by atoms with van der Waals surface area (Å²) in [5.41, 5.74) is 2.76. The van der Waals surface area contributed by atoms with Crippen LogP contribution in [0.4, 0.5) is 0 Å². The lowest BCUT2D eigenvalue weighted by Crippen LogP contribution is -2.37. The zero-order valence-corrected chi connectivity index (χ0v) is 11.1. The monoisotopic (exact) mass is 220 g/mol. The van der Waals surface area contributed by atoms with E-state index in [4.69, 9.17) is 0 Å². The molecule has 2 nitrogen and oxygen atoms in total. The Labute approximate surface area is 99.7 Å². The first-order valence-electron chi connectivity index (χ1n) is 5.97. The molecule has 0 amide bonds. The van der Waals surface area contributed by atoms with Crippen molar-refractivity contribution in [2.24, 2.45) is 0 Å². The topological polar surface area (TPSA) is 15.3 Å². The van der Waals surface area contributed by atoms with Gasteiger partial charge in [0.15, 0.2) is 0 Å². The summed E-state index contributed by atoms with van der Waals surface area (Å²) in [6.07, 6.45) is 0. The summed E-state index contributed by atoms with van der Waals surface area (Å²) < 4.78 is 0. The molecule has 1 N–H and O–H groups in total. The van der Waals surface area contributed by atoms with E-state index in [1.165, 1.54) is 11.1 Å². The van der Waals surface area contributed by atoms with E-state index >= 15 is 0 Å². The second-order valence-corrected chi connectivity index (χ2v) is 4.91. The van der Waals surface area contributed by atoms with Gasteiger partial charge in [0.05, 0.1) is 0 Å². The van der Waals surface area contributed by atoms with Gasteiger partial charge in [-0.3, -0.25) is 0 Å². The average molecular weight is 220 g/mol. The number of benzene rings is 1. The molecule has 2 atom stereocenters. The van der Waals surface area contributed by atoms with Gasteiger partial charge in [-0.25, -0.2) is 0 Å². The van der Waals surface area contributed by atoms with Crippen LogP contribution in [0, 0.1) is 6.92 Å². The van der Waals surface area contributed by atoms with Crippen LogP contribution < -0.4 is 5.32 Å². The van der Waals surface area contributed by atoms with E-state index in [0.717, 1.165) is 6.54 Å². The summed E-state index contributed by atoms with van der Waals surface area (Å²) in [4.78, 5) is 2.21. The van der Waals surface area contributed by atoms with Crippen LogP contribution in [0.15, 0.2) is 24.3 Å². The third kappa shape index (κ3) is 3.95. The molecule has 0 heterocycles. The van der Waals surface area contributed by atoms with Gasteiger partial charge >= 0.3 is 0 Å². The van der Waals surface area contributed by atoms with E-state index in [0.29, 0.717) is 12.1 Å². The van der Waals surface area contributed by atoms with Gasteiger partial charge in [0, 0.05) is 18.6 Å². The first-order valence-corrected chi connectivity index (χ1v) is 5.97. The molecule has 1 aromatic carbocycles. The van der Waals surface area contributed by atoms with Crippen LogP contribution in [0.3, 0.4) is 0 Å². The minimum absolute atomic E-state index is 0.413.